The zero-order valence-corrected chi connectivity index (χ0v) is 30.3. The highest BCUT2D eigenvalue weighted by molar-refractivity contribution is 6.09. The monoisotopic (exact) mass is 632 g/mol. The van der Waals surface area contributed by atoms with E-state index >= 15 is 0 Å². The number of carbonyl (C=O) groups excluding carboxylic acids is 1. The number of nitrogens with zero attached hydrogens (tertiary/aromatic N) is 4. The first kappa shape index (κ1) is 36.2. The molecule has 6 nitrogen and oxygen atoms in total. The van der Waals surface area contributed by atoms with E-state index in [4.69, 9.17) is 10.7 Å². The van der Waals surface area contributed by atoms with Crippen LogP contribution in [0, 0.1) is 26.7 Å². The molecule has 4 aliphatic rings. The van der Waals surface area contributed by atoms with Crippen molar-refractivity contribution in [3.63, 3.8) is 0 Å². The smallest absolute Gasteiger partial charge is 0.270 e. The van der Waals surface area contributed by atoms with Crippen LogP contribution in [0.2, 0.25) is 0 Å². The summed E-state index contributed by atoms with van der Waals surface area (Å²) >= 11 is 0. The lowest BCUT2D eigenvalue weighted by molar-refractivity contribution is -0.129. The van der Waals surface area contributed by atoms with E-state index in [-0.39, 0.29) is 5.91 Å². The minimum absolute atomic E-state index is 0.0484. The first-order valence-corrected chi connectivity index (χ1v) is 18.8. The van der Waals surface area contributed by atoms with E-state index in [1.165, 1.54) is 86.8 Å². The van der Waals surface area contributed by atoms with Gasteiger partial charge in [0.25, 0.3) is 5.91 Å². The Bertz CT molecular complexity index is 1210. The van der Waals surface area contributed by atoms with Crippen LogP contribution in [0.5, 0.6) is 0 Å². The number of allylic oxidation sites excluding steroid dienone is 2. The van der Waals surface area contributed by atoms with Crippen LogP contribution in [0.3, 0.4) is 0 Å². The first-order chi connectivity index (χ1) is 22.2. The summed E-state index contributed by atoms with van der Waals surface area (Å²) in [6.07, 6.45) is 15.2. The van der Waals surface area contributed by atoms with Crippen molar-refractivity contribution < 1.29 is 4.79 Å². The number of hydrogen-bond donors (Lipinski definition) is 1. The molecule has 1 amide bonds. The summed E-state index contributed by atoms with van der Waals surface area (Å²) in [5.41, 5.74) is 16.5. The lowest BCUT2D eigenvalue weighted by atomic mass is 9.89. The van der Waals surface area contributed by atoms with Gasteiger partial charge in [0, 0.05) is 49.2 Å². The van der Waals surface area contributed by atoms with E-state index in [2.05, 4.69) is 69.5 Å². The summed E-state index contributed by atoms with van der Waals surface area (Å²) in [7, 11) is 0. The number of amides is 1. The van der Waals surface area contributed by atoms with Crippen molar-refractivity contribution in [2.75, 3.05) is 45.8 Å². The molecule has 2 unspecified atom stereocenters. The highest BCUT2D eigenvalue weighted by Crippen LogP contribution is 2.32. The summed E-state index contributed by atoms with van der Waals surface area (Å²) in [5.74, 6) is 0.806. The summed E-state index contributed by atoms with van der Waals surface area (Å²) in [6.45, 7) is 20.4. The van der Waals surface area contributed by atoms with Gasteiger partial charge in [0.1, 0.15) is 5.70 Å². The average Bonchev–Trinajstić information content (AvgIpc) is 3.75. The van der Waals surface area contributed by atoms with E-state index in [0.717, 1.165) is 82.0 Å². The number of hydrogen-bond acceptors (Lipinski definition) is 5. The number of aliphatic imine (C=N–C) groups is 1. The van der Waals surface area contributed by atoms with Gasteiger partial charge in [-0.3, -0.25) is 14.7 Å². The number of benzene rings is 1. The minimum Gasteiger partial charge on any atom is -0.394 e. The molecule has 2 saturated carbocycles. The molecule has 2 aliphatic carbocycles. The maximum absolute atomic E-state index is 13.5. The second-order valence-corrected chi connectivity index (χ2v) is 14.5. The van der Waals surface area contributed by atoms with Crippen LogP contribution in [0.15, 0.2) is 45.7 Å². The number of rotatable bonds is 11. The molecular weight excluding hydrogens is 566 g/mol. The maximum atomic E-state index is 13.5. The predicted octanol–water partition coefficient (Wildman–Crippen LogP) is 8.11. The third-order valence-electron chi connectivity index (χ3n) is 11.2. The molecule has 4 fully saturated rings. The fourth-order valence-corrected chi connectivity index (χ4v) is 7.41. The Morgan fingerprint density at radius 3 is 2.26 bits per heavy atom. The zero-order chi connectivity index (χ0) is 33.1. The van der Waals surface area contributed by atoms with Gasteiger partial charge in [0.05, 0.1) is 6.54 Å². The number of carbonyl (C=O) groups is 1. The quantitative estimate of drug-likeness (QED) is 0.251. The molecule has 5 rings (SSSR count). The molecule has 0 spiro atoms. The molecule has 256 valence electrons. The van der Waals surface area contributed by atoms with Crippen LogP contribution in [0.25, 0.3) is 0 Å². The molecule has 1 aromatic carbocycles. The Hall–Kier alpha value is -2.60. The van der Waals surface area contributed by atoms with Crippen LogP contribution >= 0.6 is 0 Å². The molecule has 0 radical (unpaired) electrons. The van der Waals surface area contributed by atoms with E-state index in [1.807, 2.05) is 4.90 Å². The second kappa shape index (κ2) is 18.1. The van der Waals surface area contributed by atoms with Crippen molar-refractivity contribution in [2.24, 2.45) is 16.6 Å². The van der Waals surface area contributed by atoms with Crippen LogP contribution in [0.1, 0.15) is 121 Å². The predicted molar refractivity (Wildman–Crippen MR) is 195 cm³/mol. The molecule has 2 N–H and O–H groups in total. The van der Waals surface area contributed by atoms with E-state index in [1.54, 1.807) is 5.57 Å². The van der Waals surface area contributed by atoms with Crippen LogP contribution in [-0.2, 0) is 4.79 Å². The Balaban J connectivity index is 0.000000459. The molecule has 0 bridgehead atoms. The third-order valence-corrected chi connectivity index (χ3v) is 11.2. The largest absolute Gasteiger partial charge is 0.394 e. The van der Waals surface area contributed by atoms with Crippen molar-refractivity contribution in [2.45, 2.75) is 131 Å². The van der Waals surface area contributed by atoms with Crippen LogP contribution in [-0.4, -0.2) is 78.2 Å². The van der Waals surface area contributed by atoms with Gasteiger partial charge in [-0.1, -0.05) is 45.4 Å². The molecular formula is C40H65N5O. The van der Waals surface area contributed by atoms with Gasteiger partial charge >= 0.3 is 0 Å². The van der Waals surface area contributed by atoms with E-state index in [9.17, 15) is 4.79 Å². The Morgan fingerprint density at radius 1 is 0.957 bits per heavy atom. The lowest BCUT2D eigenvalue weighted by Gasteiger charge is -2.37. The molecule has 2 aliphatic heterocycles. The molecule has 46 heavy (non-hydrogen) atoms. The van der Waals surface area contributed by atoms with Crippen molar-refractivity contribution in [1.29, 1.82) is 0 Å². The van der Waals surface area contributed by atoms with Gasteiger partial charge < -0.3 is 15.5 Å². The normalized spacial score (nSPS) is 22.7. The highest BCUT2D eigenvalue weighted by atomic mass is 16.2. The number of nitrogens with two attached hydrogens (primary N) is 1. The lowest BCUT2D eigenvalue weighted by Crippen LogP contribution is -2.50. The molecule has 2 heterocycles. The molecule has 1 aromatic rings. The number of likely N-dealkylation sites (tertiary alicyclic amines) is 2. The van der Waals surface area contributed by atoms with E-state index < -0.39 is 0 Å². The Labute approximate surface area is 281 Å². The van der Waals surface area contributed by atoms with Crippen molar-refractivity contribution in [3.05, 3.63) is 57.4 Å². The van der Waals surface area contributed by atoms with Gasteiger partial charge in [-0.2, -0.15) is 0 Å². The minimum atomic E-state index is 0.0484. The second-order valence-electron chi connectivity index (χ2n) is 14.5. The molecule has 2 saturated heterocycles. The Kier molecular flexibility index (Phi) is 14.2. The van der Waals surface area contributed by atoms with Gasteiger partial charge in [0.2, 0.25) is 0 Å². The van der Waals surface area contributed by atoms with Gasteiger partial charge in [0.15, 0.2) is 0 Å². The molecule has 6 heteroatoms. The van der Waals surface area contributed by atoms with Crippen LogP contribution < -0.4 is 5.73 Å². The third kappa shape index (κ3) is 9.71. The van der Waals surface area contributed by atoms with Crippen molar-refractivity contribution in [1.82, 2.24) is 14.7 Å². The van der Waals surface area contributed by atoms with Crippen LogP contribution in [0.4, 0.5) is 0 Å². The first-order valence-electron chi connectivity index (χ1n) is 18.8. The van der Waals surface area contributed by atoms with Gasteiger partial charge in [-0.05, 0) is 139 Å². The SMILES string of the molecule is CCCN(CCC(C)CC)C(CN=C1CCC/C1=C(/N)C(=O)N1CCCC(N2CCCC2)C1)=C1CCC1.Cc1cccc(C)c1C. The number of piperidine rings is 1. The molecule has 0 aromatic heterocycles. The standard InChI is InChI=1S/C31H53N5O.C9H12/c1-4-17-35(21-16-24(3)5-2)29(25-11-8-12-25)22-33-28-15-9-14-27(28)30(32)31(37)36-20-10-13-26(23-36)34-18-6-7-19-34;1-7-5-4-6-8(2)9(7)3/h24,26H,4-23,32H2,1-3H3;4-6H,1-3H3/b30-27-,33-28?;. The summed E-state index contributed by atoms with van der Waals surface area (Å²) in [6, 6.07) is 6.88. The van der Waals surface area contributed by atoms with Gasteiger partial charge in [-0.15, -0.1) is 0 Å². The van der Waals surface area contributed by atoms with E-state index in [0.29, 0.717) is 11.7 Å². The Morgan fingerprint density at radius 2 is 1.65 bits per heavy atom. The summed E-state index contributed by atoms with van der Waals surface area (Å²) < 4.78 is 0. The van der Waals surface area contributed by atoms with Crippen molar-refractivity contribution >= 4 is 11.6 Å². The number of aryl methyl sites for hydroxylation is 2. The van der Waals surface area contributed by atoms with Gasteiger partial charge in [-0.25, -0.2) is 0 Å². The molecule has 2 atom stereocenters. The average molecular weight is 632 g/mol. The fraction of sp³-hybridized carbons (Fsp3) is 0.700. The maximum Gasteiger partial charge on any atom is 0.270 e. The van der Waals surface area contributed by atoms with Crippen molar-refractivity contribution in [3.8, 4) is 0 Å². The zero-order valence-electron chi connectivity index (χ0n) is 30.3. The summed E-state index contributed by atoms with van der Waals surface area (Å²) in [4.78, 5) is 25.9. The summed E-state index contributed by atoms with van der Waals surface area (Å²) in [5, 5.41) is 0. The fourth-order valence-electron chi connectivity index (χ4n) is 7.41. The topological polar surface area (TPSA) is 65.2 Å². The highest BCUT2D eigenvalue weighted by Gasteiger charge is 2.32.